The van der Waals surface area contributed by atoms with Gasteiger partial charge in [0.05, 0.1) is 36.7 Å². The SMILES string of the molecule is c1cnc2c(c1)CNc1cc(N3C4CCC3COC4)ccc1N2. The van der Waals surface area contributed by atoms with E-state index in [0.29, 0.717) is 12.1 Å². The number of nitrogens with zero attached hydrogens (tertiary/aromatic N) is 2. The molecule has 5 heteroatoms. The minimum Gasteiger partial charge on any atom is -0.379 e. The van der Waals surface area contributed by atoms with Gasteiger partial charge in [-0.15, -0.1) is 0 Å². The van der Waals surface area contributed by atoms with E-state index in [1.165, 1.54) is 24.1 Å². The van der Waals surface area contributed by atoms with Crippen molar-refractivity contribution in [3.8, 4) is 0 Å². The van der Waals surface area contributed by atoms with Crippen LogP contribution in [0.3, 0.4) is 0 Å². The van der Waals surface area contributed by atoms with E-state index >= 15 is 0 Å². The maximum Gasteiger partial charge on any atom is 0.135 e. The topological polar surface area (TPSA) is 49.4 Å². The van der Waals surface area contributed by atoms with Gasteiger partial charge in [0.1, 0.15) is 5.82 Å². The van der Waals surface area contributed by atoms with Crippen LogP contribution < -0.4 is 15.5 Å². The molecule has 118 valence electrons. The average Bonchev–Trinajstić information content (AvgIpc) is 2.76. The third kappa shape index (κ3) is 2.15. The highest BCUT2D eigenvalue weighted by atomic mass is 16.5. The van der Waals surface area contributed by atoms with E-state index in [0.717, 1.165) is 37.0 Å². The van der Waals surface area contributed by atoms with Crippen LogP contribution in [-0.2, 0) is 11.3 Å². The van der Waals surface area contributed by atoms with Crippen molar-refractivity contribution in [3.63, 3.8) is 0 Å². The maximum atomic E-state index is 5.71. The second kappa shape index (κ2) is 5.13. The fourth-order valence-electron chi connectivity index (χ4n) is 4.01. The van der Waals surface area contributed by atoms with Gasteiger partial charge in [0.2, 0.25) is 0 Å². The first-order valence-electron chi connectivity index (χ1n) is 8.33. The Labute approximate surface area is 135 Å². The molecule has 1 aromatic heterocycles. The number of aromatic nitrogens is 1. The van der Waals surface area contributed by atoms with Crippen molar-refractivity contribution in [2.75, 3.05) is 28.7 Å². The van der Waals surface area contributed by atoms with Crippen LogP contribution in [0.1, 0.15) is 18.4 Å². The van der Waals surface area contributed by atoms with Crippen LogP contribution in [-0.4, -0.2) is 30.3 Å². The summed E-state index contributed by atoms with van der Waals surface area (Å²) < 4.78 is 5.71. The fourth-order valence-corrected chi connectivity index (χ4v) is 4.01. The second-order valence-corrected chi connectivity index (χ2v) is 6.55. The van der Waals surface area contributed by atoms with Gasteiger partial charge in [0, 0.05) is 24.0 Å². The highest BCUT2D eigenvalue weighted by Gasteiger charge is 2.37. The van der Waals surface area contributed by atoms with E-state index in [9.17, 15) is 0 Å². The van der Waals surface area contributed by atoms with Crippen LogP contribution in [0, 0.1) is 0 Å². The molecule has 2 fully saturated rings. The zero-order chi connectivity index (χ0) is 15.2. The second-order valence-electron chi connectivity index (χ2n) is 6.55. The van der Waals surface area contributed by atoms with E-state index in [1.807, 2.05) is 12.3 Å². The molecule has 2 atom stereocenters. The minimum atomic E-state index is 0.532. The Kier molecular flexibility index (Phi) is 2.94. The Morgan fingerprint density at radius 1 is 1.09 bits per heavy atom. The number of hydrogen-bond donors (Lipinski definition) is 2. The predicted octanol–water partition coefficient (Wildman–Crippen LogP) is 3.12. The molecule has 0 aliphatic carbocycles. The summed E-state index contributed by atoms with van der Waals surface area (Å²) in [5, 5.41) is 7.00. The van der Waals surface area contributed by atoms with Gasteiger partial charge in [0.25, 0.3) is 0 Å². The van der Waals surface area contributed by atoms with Crippen LogP contribution in [0.5, 0.6) is 0 Å². The molecule has 23 heavy (non-hydrogen) atoms. The molecule has 5 rings (SSSR count). The quantitative estimate of drug-likeness (QED) is 0.848. The molecule has 2 N–H and O–H groups in total. The van der Waals surface area contributed by atoms with Crippen LogP contribution in [0.4, 0.5) is 22.9 Å². The molecule has 1 aromatic carbocycles. The highest BCUT2D eigenvalue weighted by molar-refractivity contribution is 5.80. The number of fused-ring (bicyclic) bond motifs is 4. The summed E-state index contributed by atoms with van der Waals surface area (Å²) in [6.45, 7) is 2.51. The van der Waals surface area contributed by atoms with Crippen LogP contribution in [0.15, 0.2) is 36.5 Å². The Bertz CT molecular complexity index is 732. The van der Waals surface area contributed by atoms with Crippen LogP contribution >= 0.6 is 0 Å². The Balaban J connectivity index is 1.49. The lowest BCUT2D eigenvalue weighted by molar-refractivity contribution is 0.0906. The van der Waals surface area contributed by atoms with Gasteiger partial charge in [-0.1, -0.05) is 6.07 Å². The first-order valence-corrected chi connectivity index (χ1v) is 8.33. The van der Waals surface area contributed by atoms with Gasteiger partial charge in [-0.2, -0.15) is 0 Å². The average molecular weight is 308 g/mol. The van der Waals surface area contributed by atoms with Gasteiger partial charge in [0.15, 0.2) is 0 Å². The number of nitrogens with one attached hydrogen (secondary N) is 2. The van der Waals surface area contributed by atoms with E-state index < -0.39 is 0 Å². The van der Waals surface area contributed by atoms with Gasteiger partial charge >= 0.3 is 0 Å². The normalized spacial score (nSPS) is 25.0. The standard InChI is InChI=1S/C18H20N4O/c1-2-12-9-20-17-8-13(5-6-16(17)21-18(12)19-7-1)22-14-3-4-15(22)11-23-10-14/h1-2,5-8,14-15,20H,3-4,9-11H2,(H,19,21). The lowest BCUT2D eigenvalue weighted by Gasteiger charge is -2.37. The number of morpholine rings is 1. The fraction of sp³-hybridized carbons (Fsp3) is 0.389. The zero-order valence-electron chi connectivity index (χ0n) is 13.0. The predicted molar refractivity (Wildman–Crippen MR) is 91.4 cm³/mol. The van der Waals surface area contributed by atoms with Crippen molar-refractivity contribution in [1.82, 2.24) is 4.98 Å². The molecule has 0 radical (unpaired) electrons. The number of benzene rings is 1. The van der Waals surface area contributed by atoms with Crippen LogP contribution in [0.2, 0.25) is 0 Å². The molecule has 3 aliphatic rings. The molecule has 2 aromatic rings. The van der Waals surface area contributed by atoms with E-state index in [1.54, 1.807) is 0 Å². The third-order valence-corrected chi connectivity index (χ3v) is 5.16. The van der Waals surface area contributed by atoms with Gasteiger partial charge in [-0.3, -0.25) is 0 Å². The van der Waals surface area contributed by atoms with Gasteiger partial charge < -0.3 is 20.3 Å². The highest BCUT2D eigenvalue weighted by Crippen LogP contribution is 2.38. The van der Waals surface area contributed by atoms with Crippen LogP contribution in [0.25, 0.3) is 0 Å². The first kappa shape index (κ1) is 13.2. The number of anilines is 4. The molecule has 0 saturated carbocycles. The molecule has 2 bridgehead atoms. The monoisotopic (exact) mass is 308 g/mol. The maximum absolute atomic E-state index is 5.71. The summed E-state index contributed by atoms with van der Waals surface area (Å²) >= 11 is 0. The first-order chi connectivity index (χ1) is 11.4. The third-order valence-electron chi connectivity index (χ3n) is 5.16. The Morgan fingerprint density at radius 3 is 2.83 bits per heavy atom. The number of rotatable bonds is 1. The summed E-state index contributed by atoms with van der Waals surface area (Å²) in [7, 11) is 0. The molecule has 0 spiro atoms. The van der Waals surface area contributed by atoms with Crippen molar-refractivity contribution >= 4 is 22.9 Å². The smallest absolute Gasteiger partial charge is 0.135 e. The zero-order valence-corrected chi connectivity index (χ0v) is 13.0. The largest absolute Gasteiger partial charge is 0.379 e. The van der Waals surface area contributed by atoms with Gasteiger partial charge in [-0.25, -0.2) is 4.98 Å². The summed E-state index contributed by atoms with van der Waals surface area (Å²) in [5.74, 6) is 0.943. The molecule has 4 heterocycles. The Morgan fingerprint density at radius 2 is 1.96 bits per heavy atom. The summed E-state index contributed by atoms with van der Waals surface area (Å²) in [6, 6.07) is 11.8. The molecule has 0 amide bonds. The lowest BCUT2D eigenvalue weighted by atomic mass is 10.1. The lowest BCUT2D eigenvalue weighted by Crippen LogP contribution is -2.45. The van der Waals surface area contributed by atoms with Crippen molar-refractivity contribution in [2.24, 2.45) is 0 Å². The molecule has 2 unspecified atom stereocenters. The Hall–Kier alpha value is -2.27. The van der Waals surface area contributed by atoms with E-state index in [4.69, 9.17) is 4.74 Å². The van der Waals surface area contributed by atoms with Crippen molar-refractivity contribution < 1.29 is 4.74 Å². The molecular formula is C18H20N4O. The summed E-state index contributed by atoms with van der Waals surface area (Å²) in [5.41, 5.74) is 4.72. The summed E-state index contributed by atoms with van der Waals surface area (Å²) in [6.07, 6.45) is 4.31. The van der Waals surface area contributed by atoms with E-state index in [-0.39, 0.29) is 0 Å². The van der Waals surface area contributed by atoms with Crippen molar-refractivity contribution in [2.45, 2.75) is 31.5 Å². The number of ether oxygens (including phenoxy) is 1. The molecular weight excluding hydrogens is 288 g/mol. The van der Waals surface area contributed by atoms with E-state index in [2.05, 4.69) is 44.8 Å². The molecule has 5 nitrogen and oxygen atoms in total. The minimum absolute atomic E-state index is 0.532. The molecule has 3 aliphatic heterocycles. The van der Waals surface area contributed by atoms with Crippen molar-refractivity contribution in [3.05, 3.63) is 42.1 Å². The van der Waals surface area contributed by atoms with Gasteiger partial charge in [-0.05, 0) is 37.1 Å². The number of pyridine rings is 1. The summed E-state index contributed by atoms with van der Waals surface area (Å²) in [4.78, 5) is 7.00. The molecule has 2 saturated heterocycles. The van der Waals surface area contributed by atoms with Crippen molar-refractivity contribution in [1.29, 1.82) is 0 Å². The number of hydrogen-bond acceptors (Lipinski definition) is 5.